The predicted octanol–water partition coefficient (Wildman–Crippen LogP) is 4.43. The first-order valence-electron chi connectivity index (χ1n) is 8.06. The fourth-order valence-electron chi connectivity index (χ4n) is 3.08. The molecule has 0 bridgehead atoms. The van der Waals surface area contributed by atoms with Crippen molar-refractivity contribution in [2.45, 2.75) is 0 Å². The normalized spacial score (nSPS) is 13.3. The summed E-state index contributed by atoms with van der Waals surface area (Å²) in [5.74, 6) is 1.65. The van der Waals surface area contributed by atoms with Gasteiger partial charge in [0.2, 0.25) is 0 Å². The summed E-state index contributed by atoms with van der Waals surface area (Å²) >= 11 is 1.44. The molecule has 0 unspecified atom stereocenters. The van der Waals surface area contributed by atoms with Crippen LogP contribution in [0.2, 0.25) is 0 Å². The Morgan fingerprint density at radius 2 is 2.04 bits per heavy atom. The maximum absolute atomic E-state index is 14.2. The van der Waals surface area contributed by atoms with E-state index < -0.39 is 0 Å². The van der Waals surface area contributed by atoms with Crippen LogP contribution >= 0.6 is 11.3 Å². The van der Waals surface area contributed by atoms with Gasteiger partial charge in [-0.15, -0.1) is 11.3 Å². The van der Waals surface area contributed by atoms with E-state index >= 15 is 0 Å². The van der Waals surface area contributed by atoms with Crippen LogP contribution in [0.3, 0.4) is 0 Å². The van der Waals surface area contributed by atoms with E-state index in [-0.39, 0.29) is 5.82 Å². The van der Waals surface area contributed by atoms with Gasteiger partial charge in [0.25, 0.3) is 0 Å². The maximum atomic E-state index is 14.2. The highest BCUT2D eigenvalue weighted by Gasteiger charge is 2.20. The Hall–Kier alpha value is -2.93. The van der Waals surface area contributed by atoms with Gasteiger partial charge < -0.3 is 14.2 Å². The van der Waals surface area contributed by atoms with E-state index in [1.807, 2.05) is 12.1 Å². The lowest BCUT2D eigenvalue weighted by atomic mass is 10.1. The van der Waals surface area contributed by atoms with E-state index in [1.165, 1.54) is 23.5 Å². The monoisotopic (exact) mass is 368 g/mol. The van der Waals surface area contributed by atoms with Crippen molar-refractivity contribution in [3.05, 3.63) is 42.3 Å². The molecule has 130 valence electrons. The smallest absolute Gasteiger partial charge is 0.180 e. The molecule has 5 rings (SSSR count). The lowest BCUT2D eigenvalue weighted by Gasteiger charge is -2.18. The van der Waals surface area contributed by atoms with Gasteiger partial charge in [0.1, 0.15) is 34.5 Å². The van der Waals surface area contributed by atoms with Crippen LogP contribution in [-0.4, -0.2) is 30.3 Å². The molecule has 0 amide bonds. The lowest BCUT2D eigenvalue weighted by molar-refractivity contribution is 0.174. The minimum absolute atomic E-state index is 0.344. The van der Waals surface area contributed by atoms with E-state index in [4.69, 9.17) is 14.2 Å². The molecular formula is C19H13FN2O3S. The van der Waals surface area contributed by atoms with Gasteiger partial charge in [-0.05, 0) is 30.3 Å². The van der Waals surface area contributed by atoms with E-state index in [0.29, 0.717) is 51.9 Å². The van der Waals surface area contributed by atoms with E-state index in [1.54, 1.807) is 19.4 Å². The molecular weight excluding hydrogens is 355 g/mol. The number of ether oxygens (including phenoxy) is 3. The number of pyridine rings is 1. The Morgan fingerprint density at radius 3 is 2.92 bits per heavy atom. The van der Waals surface area contributed by atoms with E-state index in [0.717, 1.165) is 10.2 Å². The number of aromatic nitrogens is 2. The molecule has 2 aromatic carbocycles. The summed E-state index contributed by atoms with van der Waals surface area (Å²) in [6.45, 7) is 1.04. The van der Waals surface area contributed by atoms with Crippen molar-refractivity contribution in [3.8, 4) is 27.8 Å². The summed E-state index contributed by atoms with van der Waals surface area (Å²) < 4.78 is 31.7. The molecule has 26 heavy (non-hydrogen) atoms. The van der Waals surface area contributed by atoms with Crippen molar-refractivity contribution in [2.75, 3.05) is 20.3 Å². The Balaban J connectivity index is 1.75. The van der Waals surface area contributed by atoms with Crippen LogP contribution < -0.4 is 14.2 Å². The van der Waals surface area contributed by atoms with Gasteiger partial charge in [0.05, 0.1) is 24.3 Å². The number of hydrogen-bond donors (Lipinski definition) is 0. The average Bonchev–Trinajstić information content (AvgIpc) is 3.11. The Bertz CT molecular complexity index is 1160. The molecule has 1 aliphatic rings. The zero-order valence-electron chi connectivity index (χ0n) is 13.8. The number of nitrogens with zero attached hydrogens (tertiary/aromatic N) is 2. The SMILES string of the molecule is COc1cnc2c(-c3nc4ccc5c(c4s3)OCCO5)cc(F)cc2c1. The predicted molar refractivity (Wildman–Crippen MR) is 97.9 cm³/mol. The molecule has 0 spiro atoms. The van der Waals surface area contributed by atoms with Crippen molar-refractivity contribution in [1.82, 2.24) is 9.97 Å². The summed E-state index contributed by atoms with van der Waals surface area (Å²) in [6, 6.07) is 8.42. The molecule has 4 aromatic rings. The molecule has 0 fully saturated rings. The zero-order valence-corrected chi connectivity index (χ0v) is 14.6. The van der Waals surface area contributed by atoms with Gasteiger partial charge >= 0.3 is 0 Å². The fourth-order valence-corrected chi connectivity index (χ4v) is 4.15. The van der Waals surface area contributed by atoms with E-state index in [2.05, 4.69) is 9.97 Å². The van der Waals surface area contributed by atoms with Crippen LogP contribution in [0.15, 0.2) is 36.5 Å². The minimum atomic E-state index is -0.344. The first kappa shape index (κ1) is 15.3. The molecule has 0 atom stereocenters. The fraction of sp³-hybridized carbons (Fsp3) is 0.158. The molecule has 5 nitrogen and oxygen atoms in total. The number of rotatable bonds is 2. The Morgan fingerprint density at radius 1 is 1.15 bits per heavy atom. The highest BCUT2D eigenvalue weighted by molar-refractivity contribution is 7.22. The second-order valence-corrected chi connectivity index (χ2v) is 6.86. The minimum Gasteiger partial charge on any atom is -0.495 e. The van der Waals surface area contributed by atoms with Crippen LogP contribution in [0.25, 0.3) is 31.7 Å². The van der Waals surface area contributed by atoms with Gasteiger partial charge in [-0.3, -0.25) is 4.98 Å². The number of halogens is 1. The number of benzene rings is 2. The lowest BCUT2D eigenvalue weighted by Crippen LogP contribution is -2.15. The van der Waals surface area contributed by atoms with Crippen LogP contribution in [0, 0.1) is 5.82 Å². The second-order valence-electron chi connectivity index (χ2n) is 5.86. The van der Waals surface area contributed by atoms with Crippen molar-refractivity contribution in [1.29, 1.82) is 0 Å². The van der Waals surface area contributed by atoms with Gasteiger partial charge in [-0.1, -0.05) is 0 Å². The molecule has 2 aromatic heterocycles. The van der Waals surface area contributed by atoms with Crippen LogP contribution in [0.4, 0.5) is 4.39 Å². The highest BCUT2D eigenvalue weighted by atomic mass is 32.1. The van der Waals surface area contributed by atoms with Gasteiger partial charge in [0, 0.05) is 10.9 Å². The first-order valence-corrected chi connectivity index (χ1v) is 8.87. The number of thiazole rings is 1. The highest BCUT2D eigenvalue weighted by Crippen LogP contribution is 2.43. The van der Waals surface area contributed by atoms with Crippen molar-refractivity contribution < 1.29 is 18.6 Å². The van der Waals surface area contributed by atoms with Crippen LogP contribution in [0.5, 0.6) is 17.2 Å². The molecule has 0 saturated carbocycles. The molecule has 0 aliphatic carbocycles. The number of fused-ring (bicyclic) bond motifs is 4. The standard InChI is InChI=1S/C19H13FN2O3S/c1-23-12-7-10-6-11(20)8-13(16(10)21-9-12)19-22-14-2-3-15-17(18(14)26-19)25-5-4-24-15/h2-3,6-9H,4-5H2,1H3. The van der Waals surface area contributed by atoms with E-state index in [9.17, 15) is 4.39 Å². The van der Waals surface area contributed by atoms with Gasteiger partial charge in [0.15, 0.2) is 11.5 Å². The topological polar surface area (TPSA) is 53.5 Å². The van der Waals surface area contributed by atoms with Gasteiger partial charge in [-0.2, -0.15) is 0 Å². The Kier molecular flexibility index (Phi) is 3.43. The maximum Gasteiger partial charge on any atom is 0.180 e. The van der Waals surface area contributed by atoms with Crippen LogP contribution in [-0.2, 0) is 0 Å². The molecule has 7 heteroatoms. The third-order valence-electron chi connectivity index (χ3n) is 4.25. The molecule has 0 saturated heterocycles. The van der Waals surface area contributed by atoms with Crippen molar-refractivity contribution >= 4 is 32.5 Å². The zero-order chi connectivity index (χ0) is 17.7. The summed E-state index contributed by atoms with van der Waals surface area (Å²) in [5, 5.41) is 1.35. The van der Waals surface area contributed by atoms with Crippen molar-refractivity contribution in [3.63, 3.8) is 0 Å². The summed E-state index contributed by atoms with van der Waals surface area (Å²) in [5.41, 5.74) is 2.12. The quantitative estimate of drug-likeness (QED) is 0.524. The third-order valence-corrected chi connectivity index (χ3v) is 5.36. The number of methoxy groups -OCH3 is 1. The third kappa shape index (κ3) is 2.35. The molecule has 3 heterocycles. The van der Waals surface area contributed by atoms with Gasteiger partial charge in [-0.25, -0.2) is 9.37 Å². The second kappa shape index (κ2) is 5.81. The molecule has 0 radical (unpaired) electrons. The van der Waals surface area contributed by atoms with Crippen LogP contribution in [0.1, 0.15) is 0 Å². The first-order chi connectivity index (χ1) is 12.7. The van der Waals surface area contributed by atoms with Crippen molar-refractivity contribution in [2.24, 2.45) is 0 Å². The summed E-state index contributed by atoms with van der Waals surface area (Å²) in [6.07, 6.45) is 1.62. The summed E-state index contributed by atoms with van der Waals surface area (Å²) in [7, 11) is 1.56. The summed E-state index contributed by atoms with van der Waals surface area (Å²) in [4.78, 5) is 9.12. The molecule has 0 N–H and O–H groups in total. The Labute approximate surface area is 152 Å². The largest absolute Gasteiger partial charge is 0.495 e. The average molecular weight is 368 g/mol. The number of hydrogen-bond acceptors (Lipinski definition) is 6. The molecule has 1 aliphatic heterocycles.